The van der Waals surface area contributed by atoms with Gasteiger partial charge in [0.25, 0.3) is 0 Å². The van der Waals surface area contributed by atoms with Crippen molar-refractivity contribution in [1.82, 2.24) is 5.32 Å². The highest BCUT2D eigenvalue weighted by Gasteiger charge is 2.32. The highest BCUT2D eigenvalue weighted by atomic mass is 16.5. The molecule has 1 aliphatic rings. The third-order valence-corrected chi connectivity index (χ3v) is 4.93. The topological polar surface area (TPSA) is 21.3 Å². The first kappa shape index (κ1) is 16.5. The van der Waals surface area contributed by atoms with Gasteiger partial charge in [-0.05, 0) is 50.2 Å². The lowest BCUT2D eigenvalue weighted by Crippen LogP contribution is -2.45. The second-order valence-corrected chi connectivity index (χ2v) is 7.05. The van der Waals surface area contributed by atoms with E-state index in [1.807, 2.05) is 0 Å². The van der Waals surface area contributed by atoms with Crippen LogP contribution in [0.5, 0.6) is 0 Å². The maximum atomic E-state index is 5.93. The Morgan fingerprint density at radius 2 is 1.81 bits per heavy atom. The zero-order valence-corrected chi connectivity index (χ0v) is 14.3. The minimum atomic E-state index is 0.0527. The SMILES string of the molecule is CCC1(C)CC(NC(C)c2ccc(C(C)C)cc2)CCO1. The van der Waals surface area contributed by atoms with Crippen molar-refractivity contribution in [3.05, 3.63) is 35.4 Å². The molecule has 3 unspecified atom stereocenters. The van der Waals surface area contributed by atoms with E-state index in [4.69, 9.17) is 4.74 Å². The molecule has 0 aromatic heterocycles. The van der Waals surface area contributed by atoms with Gasteiger partial charge in [0, 0.05) is 18.7 Å². The van der Waals surface area contributed by atoms with Crippen molar-refractivity contribution in [1.29, 1.82) is 0 Å². The fraction of sp³-hybridized carbons (Fsp3) is 0.684. The third-order valence-electron chi connectivity index (χ3n) is 4.93. The Bertz CT molecular complexity index is 439. The summed E-state index contributed by atoms with van der Waals surface area (Å²) in [5.74, 6) is 0.600. The van der Waals surface area contributed by atoms with Crippen LogP contribution < -0.4 is 5.32 Å². The fourth-order valence-electron chi connectivity index (χ4n) is 3.14. The van der Waals surface area contributed by atoms with Gasteiger partial charge in [0.05, 0.1) is 5.60 Å². The predicted molar refractivity (Wildman–Crippen MR) is 89.8 cm³/mol. The molecule has 0 bridgehead atoms. The Hall–Kier alpha value is -0.860. The maximum absolute atomic E-state index is 5.93. The minimum absolute atomic E-state index is 0.0527. The van der Waals surface area contributed by atoms with Crippen LogP contribution in [-0.4, -0.2) is 18.2 Å². The second kappa shape index (κ2) is 6.93. The zero-order chi connectivity index (χ0) is 15.5. The highest BCUT2D eigenvalue weighted by Crippen LogP contribution is 2.29. The number of benzene rings is 1. The van der Waals surface area contributed by atoms with Crippen LogP contribution >= 0.6 is 0 Å². The minimum Gasteiger partial charge on any atom is -0.375 e. The lowest BCUT2D eigenvalue weighted by Gasteiger charge is -2.39. The summed E-state index contributed by atoms with van der Waals surface area (Å²) in [6.45, 7) is 12.1. The number of ether oxygens (including phenoxy) is 1. The van der Waals surface area contributed by atoms with Gasteiger partial charge in [-0.2, -0.15) is 0 Å². The smallest absolute Gasteiger partial charge is 0.0666 e. The van der Waals surface area contributed by atoms with E-state index in [1.54, 1.807) is 0 Å². The Morgan fingerprint density at radius 3 is 2.38 bits per heavy atom. The first-order chi connectivity index (χ1) is 9.93. The van der Waals surface area contributed by atoms with Gasteiger partial charge in [-0.25, -0.2) is 0 Å². The summed E-state index contributed by atoms with van der Waals surface area (Å²) in [5.41, 5.74) is 2.84. The summed E-state index contributed by atoms with van der Waals surface area (Å²) in [6, 6.07) is 10.0. The molecule has 0 saturated carbocycles. The van der Waals surface area contributed by atoms with E-state index in [0.717, 1.165) is 25.9 Å². The van der Waals surface area contributed by atoms with Crippen LogP contribution in [0.4, 0.5) is 0 Å². The van der Waals surface area contributed by atoms with Crippen LogP contribution in [0, 0.1) is 0 Å². The van der Waals surface area contributed by atoms with Gasteiger partial charge in [0.2, 0.25) is 0 Å². The van der Waals surface area contributed by atoms with Crippen molar-refractivity contribution in [2.45, 2.75) is 77.5 Å². The molecule has 1 aliphatic heterocycles. The maximum Gasteiger partial charge on any atom is 0.0666 e. The van der Waals surface area contributed by atoms with E-state index < -0.39 is 0 Å². The van der Waals surface area contributed by atoms with Crippen molar-refractivity contribution in [2.75, 3.05) is 6.61 Å². The van der Waals surface area contributed by atoms with E-state index in [2.05, 4.69) is 64.2 Å². The lowest BCUT2D eigenvalue weighted by atomic mass is 9.89. The molecule has 118 valence electrons. The van der Waals surface area contributed by atoms with E-state index in [9.17, 15) is 0 Å². The highest BCUT2D eigenvalue weighted by molar-refractivity contribution is 5.26. The number of hydrogen-bond donors (Lipinski definition) is 1. The normalized spacial score (nSPS) is 27.8. The molecule has 1 fully saturated rings. The van der Waals surface area contributed by atoms with Gasteiger partial charge in [-0.15, -0.1) is 0 Å². The molecule has 1 saturated heterocycles. The van der Waals surface area contributed by atoms with Crippen LogP contribution in [0.15, 0.2) is 24.3 Å². The summed E-state index contributed by atoms with van der Waals surface area (Å²) < 4.78 is 5.93. The van der Waals surface area contributed by atoms with Crippen LogP contribution in [0.25, 0.3) is 0 Å². The first-order valence-electron chi connectivity index (χ1n) is 8.43. The second-order valence-electron chi connectivity index (χ2n) is 7.05. The monoisotopic (exact) mass is 289 g/mol. The van der Waals surface area contributed by atoms with E-state index in [1.165, 1.54) is 11.1 Å². The molecule has 1 aromatic rings. The molecule has 0 radical (unpaired) electrons. The molecule has 2 nitrogen and oxygen atoms in total. The Kier molecular flexibility index (Phi) is 5.45. The van der Waals surface area contributed by atoms with E-state index >= 15 is 0 Å². The molecule has 1 aromatic carbocycles. The van der Waals surface area contributed by atoms with Gasteiger partial charge in [-0.3, -0.25) is 0 Å². The van der Waals surface area contributed by atoms with Crippen LogP contribution in [0.2, 0.25) is 0 Å². The summed E-state index contributed by atoms with van der Waals surface area (Å²) in [6.07, 6.45) is 3.31. The van der Waals surface area contributed by atoms with Crippen molar-refractivity contribution >= 4 is 0 Å². The van der Waals surface area contributed by atoms with Gasteiger partial charge < -0.3 is 10.1 Å². The van der Waals surface area contributed by atoms with Gasteiger partial charge in [0.1, 0.15) is 0 Å². The zero-order valence-electron chi connectivity index (χ0n) is 14.3. The largest absolute Gasteiger partial charge is 0.375 e. The van der Waals surface area contributed by atoms with Gasteiger partial charge >= 0.3 is 0 Å². The molecule has 0 spiro atoms. The molecule has 3 atom stereocenters. The molecule has 1 N–H and O–H groups in total. The lowest BCUT2D eigenvalue weighted by molar-refractivity contribution is -0.0789. The Labute approximate surface area is 130 Å². The van der Waals surface area contributed by atoms with Crippen LogP contribution in [0.1, 0.15) is 77.0 Å². The fourth-order valence-corrected chi connectivity index (χ4v) is 3.14. The standard InChI is InChI=1S/C19H31NO/c1-6-19(5)13-18(11-12-21-19)20-15(4)17-9-7-16(8-10-17)14(2)3/h7-10,14-15,18,20H,6,11-13H2,1-5H3. The quantitative estimate of drug-likeness (QED) is 0.840. The van der Waals surface area contributed by atoms with Crippen molar-refractivity contribution < 1.29 is 4.74 Å². The first-order valence-corrected chi connectivity index (χ1v) is 8.43. The average Bonchev–Trinajstić information content (AvgIpc) is 2.47. The van der Waals surface area contributed by atoms with Crippen LogP contribution in [0.3, 0.4) is 0 Å². The van der Waals surface area contributed by atoms with Crippen LogP contribution in [-0.2, 0) is 4.74 Å². The van der Waals surface area contributed by atoms with E-state index in [0.29, 0.717) is 18.0 Å². The van der Waals surface area contributed by atoms with Crippen molar-refractivity contribution in [3.8, 4) is 0 Å². The molecule has 0 aliphatic carbocycles. The summed E-state index contributed by atoms with van der Waals surface area (Å²) >= 11 is 0. The molecular formula is C19H31NO. The van der Waals surface area contributed by atoms with Crippen molar-refractivity contribution in [3.63, 3.8) is 0 Å². The van der Waals surface area contributed by atoms with Crippen molar-refractivity contribution in [2.24, 2.45) is 0 Å². The molecular weight excluding hydrogens is 258 g/mol. The molecule has 2 rings (SSSR count). The summed E-state index contributed by atoms with van der Waals surface area (Å²) in [4.78, 5) is 0. The molecule has 1 heterocycles. The molecule has 0 amide bonds. The summed E-state index contributed by atoms with van der Waals surface area (Å²) in [7, 11) is 0. The third kappa shape index (κ3) is 4.31. The molecule has 2 heteroatoms. The predicted octanol–water partition coefficient (Wildman–Crippen LogP) is 4.81. The van der Waals surface area contributed by atoms with Gasteiger partial charge in [-0.1, -0.05) is 45.0 Å². The number of rotatable bonds is 5. The molecule has 21 heavy (non-hydrogen) atoms. The number of nitrogens with one attached hydrogen (secondary N) is 1. The van der Waals surface area contributed by atoms with Gasteiger partial charge in [0.15, 0.2) is 0 Å². The Balaban J connectivity index is 1.96. The number of hydrogen-bond acceptors (Lipinski definition) is 2. The average molecular weight is 289 g/mol. The van der Waals surface area contributed by atoms with E-state index in [-0.39, 0.29) is 5.60 Å². The Morgan fingerprint density at radius 1 is 1.19 bits per heavy atom. The summed E-state index contributed by atoms with van der Waals surface area (Å²) in [5, 5.41) is 3.79.